The molecule has 0 saturated heterocycles. The molecular weight excluding hydrogens is 1010 g/mol. The largest absolute Gasteiger partial charge is 0.545 e. The second-order valence-corrected chi connectivity index (χ2v) is 22.7. The predicted octanol–water partition coefficient (Wildman–Crippen LogP) is 18.7. The van der Waals surface area contributed by atoms with E-state index < -0.39 is 24.3 Å². The minimum atomic E-state index is -1.63. The Morgan fingerprint density at radius 1 is 0.383 bits per heavy atom. The lowest BCUT2D eigenvalue weighted by molar-refractivity contribution is -0.870. The first-order valence-corrected chi connectivity index (χ1v) is 32.7. The summed E-state index contributed by atoms with van der Waals surface area (Å²) in [7, 11) is 5.92. The third-order valence-corrected chi connectivity index (χ3v) is 13.7. The maximum absolute atomic E-state index is 12.9. The zero-order valence-corrected chi connectivity index (χ0v) is 52.6. The van der Waals surface area contributed by atoms with Gasteiger partial charge in [-0.05, 0) is 109 Å². The highest BCUT2D eigenvalue weighted by Gasteiger charge is 2.22. The van der Waals surface area contributed by atoms with Gasteiger partial charge in [0.05, 0.1) is 40.3 Å². The summed E-state index contributed by atoms with van der Waals surface area (Å²) in [5.41, 5.74) is 0. The molecule has 462 valence electrons. The smallest absolute Gasteiger partial charge is 0.306 e. The minimum Gasteiger partial charge on any atom is -0.545 e. The summed E-state index contributed by atoms with van der Waals surface area (Å²) in [6.45, 7) is 4.61. The maximum atomic E-state index is 12.9. The lowest BCUT2D eigenvalue weighted by Gasteiger charge is -2.26. The summed E-state index contributed by atoms with van der Waals surface area (Å²) < 4.78 is 22.8. The standard InChI is InChI=1S/C72H121NO8/c1-6-8-10-12-14-16-18-20-22-24-26-28-30-31-32-33-34-35-36-37-38-39-41-43-45-47-49-51-53-55-57-59-61-63-70(75)81-68(67-80-72(71(76)77)78-65-64-73(3,4)5)66-79-69(74)62-60-58-56-54-52-50-48-46-44-42-40-29-27-25-23-21-19-17-15-13-11-9-7-2/h8,10,14,16,19-22,25-28,31-32,34-35,37-38,40,42,68,72H,6-7,9,11-13,15,17-18,23-24,29-30,33,36,39,41,43-67H2,1-5H3/b10-8-,16-14-,21-19-,22-20-,27-25-,28-26-,32-31-,35-34-,38-37-,42-40-. The molecule has 9 nitrogen and oxygen atoms in total. The van der Waals surface area contributed by atoms with Crippen LogP contribution in [0.15, 0.2) is 122 Å². The van der Waals surface area contributed by atoms with Crippen molar-refractivity contribution in [1.82, 2.24) is 0 Å². The van der Waals surface area contributed by atoms with E-state index in [1.165, 1.54) is 109 Å². The van der Waals surface area contributed by atoms with Crippen LogP contribution in [0.5, 0.6) is 0 Å². The van der Waals surface area contributed by atoms with Crippen molar-refractivity contribution in [1.29, 1.82) is 0 Å². The molecule has 0 amide bonds. The number of carboxylic acid groups (broad SMARTS) is 1. The average molecular weight is 1130 g/mol. The van der Waals surface area contributed by atoms with E-state index in [0.29, 0.717) is 17.4 Å². The van der Waals surface area contributed by atoms with Gasteiger partial charge in [-0.2, -0.15) is 0 Å². The number of esters is 2. The average Bonchev–Trinajstić information content (AvgIpc) is 3.44. The van der Waals surface area contributed by atoms with Crippen LogP contribution in [0, 0.1) is 0 Å². The summed E-state index contributed by atoms with van der Waals surface area (Å²) in [6, 6.07) is 0. The Morgan fingerprint density at radius 2 is 0.704 bits per heavy atom. The minimum absolute atomic E-state index is 0.140. The molecule has 2 unspecified atom stereocenters. The van der Waals surface area contributed by atoms with Crippen LogP contribution in [0.25, 0.3) is 0 Å². The van der Waals surface area contributed by atoms with Crippen LogP contribution in [-0.4, -0.2) is 82.3 Å². The summed E-state index contributed by atoms with van der Waals surface area (Å²) in [5.74, 6) is -2.30. The van der Waals surface area contributed by atoms with Crippen LogP contribution in [0.3, 0.4) is 0 Å². The fraction of sp³-hybridized carbons (Fsp3) is 0.681. The molecule has 0 saturated carbocycles. The Labute approximate surface area is 497 Å². The van der Waals surface area contributed by atoms with Gasteiger partial charge in [0.15, 0.2) is 12.4 Å². The van der Waals surface area contributed by atoms with Gasteiger partial charge in [-0.25, -0.2) is 0 Å². The Morgan fingerprint density at radius 3 is 1.05 bits per heavy atom. The maximum Gasteiger partial charge on any atom is 0.306 e. The molecular formula is C72H121NO8. The van der Waals surface area contributed by atoms with Gasteiger partial charge in [0.25, 0.3) is 0 Å². The Hall–Kier alpha value is -4.31. The van der Waals surface area contributed by atoms with E-state index >= 15 is 0 Å². The molecule has 0 aliphatic heterocycles. The van der Waals surface area contributed by atoms with Gasteiger partial charge in [-0.15, -0.1) is 0 Å². The Bertz CT molecular complexity index is 1740. The Kier molecular flexibility index (Phi) is 58.5. The first-order valence-electron chi connectivity index (χ1n) is 32.7. The third-order valence-electron chi connectivity index (χ3n) is 13.7. The van der Waals surface area contributed by atoms with Crippen molar-refractivity contribution in [3.63, 3.8) is 0 Å². The fourth-order valence-electron chi connectivity index (χ4n) is 8.70. The summed E-state index contributed by atoms with van der Waals surface area (Å²) in [5, 5.41) is 11.8. The zero-order chi connectivity index (χ0) is 59.1. The lowest BCUT2D eigenvalue weighted by atomic mass is 10.0. The van der Waals surface area contributed by atoms with E-state index in [0.717, 1.165) is 116 Å². The predicted molar refractivity (Wildman–Crippen MR) is 343 cm³/mol. The molecule has 0 aliphatic rings. The number of carbonyl (C=O) groups is 3. The highest BCUT2D eigenvalue weighted by atomic mass is 16.7. The number of rotatable bonds is 59. The van der Waals surface area contributed by atoms with E-state index in [-0.39, 0.29) is 38.6 Å². The van der Waals surface area contributed by atoms with Crippen LogP contribution < -0.4 is 5.11 Å². The molecule has 0 heterocycles. The molecule has 0 bridgehead atoms. The van der Waals surface area contributed by atoms with Crippen molar-refractivity contribution in [2.24, 2.45) is 0 Å². The molecule has 0 N–H and O–H groups in total. The van der Waals surface area contributed by atoms with E-state index in [1.807, 2.05) is 21.1 Å². The van der Waals surface area contributed by atoms with Crippen molar-refractivity contribution < 1.29 is 42.9 Å². The van der Waals surface area contributed by atoms with Crippen molar-refractivity contribution in [2.45, 2.75) is 270 Å². The van der Waals surface area contributed by atoms with Crippen molar-refractivity contribution in [3.8, 4) is 0 Å². The Balaban J connectivity index is 4.21. The first kappa shape index (κ1) is 76.7. The molecule has 0 aromatic rings. The van der Waals surface area contributed by atoms with Gasteiger partial charge in [0.1, 0.15) is 13.2 Å². The monoisotopic (exact) mass is 1130 g/mol. The SMILES string of the molecule is CC/C=C\C/C=C\C/C=C\C/C=C\C/C=C\C/C=C\C/C=C\CCCCCCCCCCCCCC(=O)OC(COC(=O)CCCCCCCCCC/C=C\C/C=C\C/C=C\CCCCCCC)COC(OCC[N+](C)(C)C)C(=O)[O-]. The highest BCUT2D eigenvalue weighted by molar-refractivity contribution is 5.70. The van der Waals surface area contributed by atoms with Crippen molar-refractivity contribution in [2.75, 3.05) is 47.5 Å². The fourth-order valence-corrected chi connectivity index (χ4v) is 8.70. The van der Waals surface area contributed by atoms with Crippen LogP contribution >= 0.6 is 0 Å². The van der Waals surface area contributed by atoms with Crippen LogP contribution in [0.2, 0.25) is 0 Å². The molecule has 2 atom stereocenters. The quantitative estimate of drug-likeness (QED) is 0.0195. The topological polar surface area (TPSA) is 111 Å². The van der Waals surface area contributed by atoms with E-state index in [1.54, 1.807) is 0 Å². The highest BCUT2D eigenvalue weighted by Crippen LogP contribution is 2.16. The summed E-state index contributed by atoms with van der Waals surface area (Å²) >= 11 is 0. The molecule has 9 heteroatoms. The number of aliphatic carboxylic acids is 1. The molecule has 0 aromatic carbocycles. The molecule has 0 fully saturated rings. The number of nitrogens with zero attached hydrogens (tertiary/aromatic N) is 1. The first-order chi connectivity index (χ1) is 39.6. The number of carbonyl (C=O) groups excluding carboxylic acids is 3. The molecule has 0 radical (unpaired) electrons. The van der Waals surface area contributed by atoms with Gasteiger partial charge in [-0.1, -0.05) is 257 Å². The lowest BCUT2D eigenvalue weighted by Crippen LogP contribution is -2.44. The summed E-state index contributed by atoms with van der Waals surface area (Å²) in [4.78, 5) is 37.4. The number of allylic oxidation sites excluding steroid dienone is 20. The molecule has 0 rings (SSSR count). The van der Waals surface area contributed by atoms with Crippen LogP contribution in [0.4, 0.5) is 0 Å². The van der Waals surface area contributed by atoms with Gasteiger partial charge >= 0.3 is 11.9 Å². The van der Waals surface area contributed by atoms with Crippen LogP contribution in [0.1, 0.15) is 258 Å². The van der Waals surface area contributed by atoms with E-state index in [4.69, 9.17) is 18.9 Å². The van der Waals surface area contributed by atoms with Gasteiger partial charge in [-0.3, -0.25) is 9.59 Å². The van der Waals surface area contributed by atoms with E-state index in [2.05, 4.69) is 135 Å². The van der Waals surface area contributed by atoms with Gasteiger partial charge < -0.3 is 33.3 Å². The van der Waals surface area contributed by atoms with Crippen molar-refractivity contribution >= 4 is 17.9 Å². The number of likely N-dealkylation sites (N-methyl/N-ethyl adjacent to an activating group) is 1. The van der Waals surface area contributed by atoms with Crippen molar-refractivity contribution in [3.05, 3.63) is 122 Å². The number of quaternary nitrogens is 1. The summed E-state index contributed by atoms with van der Waals surface area (Å²) in [6.07, 6.45) is 84.0. The second-order valence-electron chi connectivity index (χ2n) is 22.7. The number of hydrogen-bond acceptors (Lipinski definition) is 8. The van der Waals surface area contributed by atoms with Gasteiger partial charge in [0.2, 0.25) is 0 Å². The molecule has 0 aliphatic carbocycles. The molecule has 0 aromatic heterocycles. The number of ether oxygens (including phenoxy) is 4. The number of carboxylic acids is 1. The third kappa shape index (κ3) is 63.1. The van der Waals surface area contributed by atoms with Gasteiger partial charge in [0, 0.05) is 12.8 Å². The second kappa shape index (κ2) is 61.8. The van der Waals surface area contributed by atoms with Crippen LogP contribution in [-0.2, 0) is 33.3 Å². The molecule has 0 spiro atoms. The number of hydrogen-bond donors (Lipinski definition) is 0. The normalized spacial score (nSPS) is 13.5. The van der Waals surface area contributed by atoms with E-state index in [9.17, 15) is 19.5 Å². The number of unbranched alkanes of at least 4 members (excludes halogenated alkanes) is 24. The zero-order valence-electron chi connectivity index (χ0n) is 52.6. The molecule has 81 heavy (non-hydrogen) atoms.